The Bertz CT molecular complexity index is 1450. The number of aryl methyl sites for hydroxylation is 5. The summed E-state index contributed by atoms with van der Waals surface area (Å²) in [4.78, 5) is 12.9. The van der Waals surface area contributed by atoms with Gasteiger partial charge in [0.25, 0.3) is 0 Å². The van der Waals surface area contributed by atoms with E-state index in [0.717, 1.165) is 22.3 Å². The minimum atomic E-state index is -3.85. The van der Waals surface area contributed by atoms with E-state index in [-0.39, 0.29) is 35.6 Å². The van der Waals surface area contributed by atoms with Crippen LogP contribution in [0.2, 0.25) is 5.02 Å². The topological polar surface area (TPSA) is 92.5 Å². The molecule has 37 heavy (non-hydrogen) atoms. The fourth-order valence-corrected chi connectivity index (χ4v) is 6.85. The summed E-state index contributed by atoms with van der Waals surface area (Å²) in [5.41, 5.74) is 6.29. The summed E-state index contributed by atoms with van der Waals surface area (Å²) in [6, 6.07) is 9.47. The van der Waals surface area contributed by atoms with E-state index in [2.05, 4.69) is 22.6 Å². The molecule has 1 saturated heterocycles. The average molecular weight is 542 g/mol. The fraction of sp³-hybridized carbons (Fsp3) is 0.357. The molecule has 0 unspecified atom stereocenters. The molecule has 9 heteroatoms. The third kappa shape index (κ3) is 5.81. The van der Waals surface area contributed by atoms with Gasteiger partial charge in [-0.2, -0.15) is 4.31 Å². The van der Waals surface area contributed by atoms with Crippen LogP contribution in [0.1, 0.15) is 52.1 Å². The molecular formula is C28H32ClN3O4S. The molecule has 2 aromatic carbocycles. The molecule has 1 fully saturated rings. The first kappa shape index (κ1) is 27.1. The summed E-state index contributed by atoms with van der Waals surface area (Å²) in [6.07, 6.45) is 4.40. The van der Waals surface area contributed by atoms with E-state index in [1.807, 2.05) is 33.8 Å². The van der Waals surface area contributed by atoms with Gasteiger partial charge in [-0.25, -0.2) is 8.42 Å². The predicted octanol–water partition coefficient (Wildman–Crippen LogP) is 6.08. The van der Waals surface area contributed by atoms with Gasteiger partial charge in [-0.1, -0.05) is 40.5 Å². The molecule has 0 radical (unpaired) electrons. The third-order valence-electron chi connectivity index (χ3n) is 6.84. The Morgan fingerprint density at radius 2 is 1.68 bits per heavy atom. The molecule has 7 nitrogen and oxygen atoms in total. The van der Waals surface area contributed by atoms with Crippen LogP contribution in [-0.4, -0.2) is 36.9 Å². The number of nitrogens with one attached hydrogen (secondary N) is 1. The lowest BCUT2D eigenvalue weighted by molar-refractivity contribution is -0.120. The first-order valence-electron chi connectivity index (χ1n) is 12.3. The molecule has 1 aliphatic heterocycles. The van der Waals surface area contributed by atoms with E-state index in [1.54, 1.807) is 31.2 Å². The van der Waals surface area contributed by atoms with Crippen LogP contribution in [0.3, 0.4) is 0 Å². The Labute approximate surface area is 223 Å². The van der Waals surface area contributed by atoms with Crippen molar-refractivity contribution in [1.29, 1.82) is 0 Å². The highest BCUT2D eigenvalue weighted by molar-refractivity contribution is 7.89. The Kier molecular flexibility index (Phi) is 7.92. The van der Waals surface area contributed by atoms with Gasteiger partial charge in [0.1, 0.15) is 5.69 Å². The number of amides is 1. The SMILES string of the molecule is Cc1cc(C)c(/C=C/c2onc(C)c2S(=O)(=O)N2CCC(C(=O)Nc3ccc(Cl)cc3C)CC2)c(C)c1. The highest BCUT2D eigenvalue weighted by Crippen LogP contribution is 2.30. The molecule has 0 aliphatic carbocycles. The first-order valence-corrected chi connectivity index (χ1v) is 14.1. The molecule has 0 saturated carbocycles. The van der Waals surface area contributed by atoms with Crippen LogP contribution in [0.4, 0.5) is 5.69 Å². The maximum atomic E-state index is 13.6. The smallest absolute Gasteiger partial charge is 0.248 e. The Hall–Kier alpha value is -2.94. The second-order valence-electron chi connectivity index (χ2n) is 9.73. The van der Waals surface area contributed by atoms with Crippen molar-refractivity contribution in [2.24, 2.45) is 5.92 Å². The van der Waals surface area contributed by atoms with Gasteiger partial charge in [0.05, 0.1) is 0 Å². The quantitative estimate of drug-likeness (QED) is 0.408. The lowest BCUT2D eigenvalue weighted by atomic mass is 9.97. The number of rotatable bonds is 6. The lowest BCUT2D eigenvalue weighted by Gasteiger charge is -2.30. The van der Waals surface area contributed by atoms with Crippen LogP contribution in [-0.2, 0) is 14.8 Å². The summed E-state index contributed by atoms with van der Waals surface area (Å²) >= 11 is 6.01. The Morgan fingerprint density at radius 3 is 2.30 bits per heavy atom. The molecule has 196 valence electrons. The number of piperidine rings is 1. The second kappa shape index (κ2) is 10.8. The van der Waals surface area contributed by atoms with Crippen molar-refractivity contribution in [3.05, 3.63) is 74.6 Å². The van der Waals surface area contributed by atoms with Crippen LogP contribution < -0.4 is 5.32 Å². The molecule has 2 heterocycles. The maximum absolute atomic E-state index is 13.6. The molecule has 4 rings (SSSR count). The monoisotopic (exact) mass is 541 g/mol. The minimum Gasteiger partial charge on any atom is -0.355 e. The van der Waals surface area contributed by atoms with Crippen molar-refractivity contribution in [3.8, 4) is 0 Å². The molecule has 0 spiro atoms. The van der Waals surface area contributed by atoms with Crippen molar-refractivity contribution in [2.75, 3.05) is 18.4 Å². The van der Waals surface area contributed by atoms with Crippen molar-refractivity contribution in [3.63, 3.8) is 0 Å². The molecule has 1 aliphatic rings. The zero-order chi connectivity index (χ0) is 26.9. The maximum Gasteiger partial charge on any atom is 0.248 e. The van der Waals surface area contributed by atoms with Gasteiger partial charge in [0, 0.05) is 29.7 Å². The molecule has 1 amide bonds. The normalized spacial score (nSPS) is 15.4. The molecule has 0 atom stereocenters. The number of hydrogen-bond donors (Lipinski definition) is 1. The molecule has 1 N–H and O–H groups in total. The number of anilines is 1. The van der Waals surface area contributed by atoms with E-state index in [9.17, 15) is 13.2 Å². The lowest BCUT2D eigenvalue weighted by Crippen LogP contribution is -2.41. The third-order valence-corrected chi connectivity index (χ3v) is 9.13. The summed E-state index contributed by atoms with van der Waals surface area (Å²) < 4.78 is 34.1. The van der Waals surface area contributed by atoms with Crippen molar-refractivity contribution in [2.45, 2.75) is 52.4 Å². The average Bonchev–Trinajstić information content (AvgIpc) is 3.21. The summed E-state index contributed by atoms with van der Waals surface area (Å²) in [7, 11) is -3.85. The highest BCUT2D eigenvalue weighted by Gasteiger charge is 2.36. The second-order valence-corrected chi connectivity index (χ2v) is 12.0. The van der Waals surface area contributed by atoms with Gasteiger partial charge in [0.15, 0.2) is 10.7 Å². The van der Waals surface area contributed by atoms with Gasteiger partial charge < -0.3 is 9.84 Å². The number of nitrogens with zero attached hydrogens (tertiary/aromatic N) is 2. The summed E-state index contributed by atoms with van der Waals surface area (Å²) in [6.45, 7) is 10.1. The van der Waals surface area contributed by atoms with Gasteiger partial charge in [0.2, 0.25) is 15.9 Å². The van der Waals surface area contributed by atoms with Crippen LogP contribution in [0.25, 0.3) is 12.2 Å². The molecule has 1 aromatic heterocycles. The molecule has 0 bridgehead atoms. The zero-order valence-corrected chi connectivity index (χ0v) is 23.3. The van der Waals surface area contributed by atoms with Crippen LogP contribution in [0, 0.1) is 40.5 Å². The van der Waals surface area contributed by atoms with Crippen LogP contribution >= 0.6 is 11.6 Å². The van der Waals surface area contributed by atoms with Crippen LogP contribution in [0.15, 0.2) is 39.8 Å². The number of carbonyl (C=O) groups excluding carboxylic acids is 1. The van der Waals surface area contributed by atoms with E-state index < -0.39 is 10.0 Å². The molecule has 3 aromatic rings. The van der Waals surface area contributed by atoms with Crippen LogP contribution in [0.5, 0.6) is 0 Å². The summed E-state index contributed by atoms with van der Waals surface area (Å²) in [5, 5.41) is 7.51. The van der Waals surface area contributed by atoms with Gasteiger partial charge >= 0.3 is 0 Å². The van der Waals surface area contributed by atoms with Crippen molar-refractivity contribution < 1.29 is 17.7 Å². The fourth-order valence-electron chi connectivity index (χ4n) is 4.90. The number of hydrogen-bond acceptors (Lipinski definition) is 5. The number of benzene rings is 2. The van der Waals surface area contributed by atoms with E-state index in [0.29, 0.717) is 29.2 Å². The minimum absolute atomic E-state index is 0.0749. The van der Waals surface area contributed by atoms with Crippen molar-refractivity contribution >= 4 is 45.4 Å². The summed E-state index contributed by atoms with van der Waals surface area (Å²) in [5.74, 6) is -0.192. The van der Waals surface area contributed by atoms with Gasteiger partial charge in [-0.05, 0) is 94.0 Å². The standard InChI is InChI=1S/C28H32ClN3O4S/c1-17-14-18(2)24(19(3)15-17)7-9-26-27(21(5)31-36-26)37(34,35)32-12-10-22(11-13-32)28(33)30-25-8-6-23(29)16-20(25)4/h6-9,14-16,22H,10-13H2,1-5H3,(H,30,33)/b9-7+. The van der Waals surface area contributed by atoms with E-state index in [1.165, 1.54) is 9.87 Å². The first-order chi connectivity index (χ1) is 17.5. The van der Waals surface area contributed by atoms with Crippen molar-refractivity contribution in [1.82, 2.24) is 9.46 Å². The van der Waals surface area contributed by atoms with E-state index in [4.69, 9.17) is 16.1 Å². The van der Waals surface area contributed by atoms with E-state index >= 15 is 0 Å². The number of halogens is 1. The zero-order valence-electron chi connectivity index (χ0n) is 21.8. The molecular weight excluding hydrogens is 510 g/mol. The number of carbonyl (C=O) groups is 1. The Morgan fingerprint density at radius 1 is 1.03 bits per heavy atom. The number of aromatic nitrogens is 1. The van der Waals surface area contributed by atoms with Gasteiger partial charge in [-0.3, -0.25) is 4.79 Å². The number of sulfonamides is 1. The van der Waals surface area contributed by atoms with Gasteiger partial charge in [-0.15, -0.1) is 0 Å². The Balaban J connectivity index is 1.48. The highest BCUT2D eigenvalue weighted by atomic mass is 35.5. The largest absolute Gasteiger partial charge is 0.355 e. The predicted molar refractivity (Wildman–Crippen MR) is 147 cm³/mol.